The van der Waals surface area contributed by atoms with Gasteiger partial charge in [-0.15, -0.1) is 0 Å². The Balaban J connectivity index is 2.26. The molecule has 0 bridgehead atoms. The number of alkyl halides is 2. The van der Waals surface area contributed by atoms with Crippen LogP contribution in [0.15, 0.2) is 59.9 Å². The van der Waals surface area contributed by atoms with Gasteiger partial charge < -0.3 is 14.4 Å². The second kappa shape index (κ2) is 10.8. The largest absolute Gasteiger partial charge is 0.497 e. The van der Waals surface area contributed by atoms with Gasteiger partial charge in [-0.2, -0.15) is 8.78 Å². The summed E-state index contributed by atoms with van der Waals surface area (Å²) < 4.78 is 35.3. The molecule has 1 aromatic carbocycles. The van der Waals surface area contributed by atoms with Gasteiger partial charge in [0.2, 0.25) is 5.90 Å². The monoisotopic (exact) mass is 415 g/mol. The predicted octanol–water partition coefficient (Wildman–Crippen LogP) is 4.09. The number of aromatic nitrogens is 1. The Morgan fingerprint density at radius 1 is 1.23 bits per heavy atom. The van der Waals surface area contributed by atoms with E-state index in [0.29, 0.717) is 17.8 Å². The lowest BCUT2D eigenvalue weighted by atomic mass is 10.1. The van der Waals surface area contributed by atoms with Crippen LogP contribution in [0.25, 0.3) is 0 Å². The van der Waals surface area contributed by atoms with Crippen LogP contribution in [0, 0.1) is 10.8 Å². The van der Waals surface area contributed by atoms with E-state index < -0.39 is 12.3 Å². The zero-order chi connectivity index (χ0) is 22.1. The van der Waals surface area contributed by atoms with Crippen LogP contribution in [-0.4, -0.2) is 48.1 Å². The molecule has 2 N–H and O–H groups in total. The van der Waals surface area contributed by atoms with Crippen molar-refractivity contribution < 1.29 is 18.3 Å². The van der Waals surface area contributed by atoms with Gasteiger partial charge in [0, 0.05) is 31.6 Å². The van der Waals surface area contributed by atoms with Crippen LogP contribution in [0.5, 0.6) is 5.75 Å². The molecule has 0 radical (unpaired) electrons. The van der Waals surface area contributed by atoms with Crippen molar-refractivity contribution in [3.05, 3.63) is 71.7 Å². The number of methoxy groups -OCH3 is 1. The maximum atomic E-state index is 12.6. The first-order valence-electron chi connectivity index (χ1n) is 8.98. The molecule has 0 spiro atoms. The third-order valence-electron chi connectivity index (χ3n) is 3.99. The molecule has 1 heterocycles. The van der Waals surface area contributed by atoms with Gasteiger partial charge in [-0.25, -0.2) is 0 Å². The minimum Gasteiger partial charge on any atom is -0.497 e. The van der Waals surface area contributed by atoms with Gasteiger partial charge in [0.15, 0.2) is 5.84 Å². The predicted molar refractivity (Wildman–Crippen MR) is 112 cm³/mol. The summed E-state index contributed by atoms with van der Waals surface area (Å²) in [5, 5.41) is 15.8. The molecule has 0 aliphatic rings. The first-order valence-corrected chi connectivity index (χ1v) is 8.98. The van der Waals surface area contributed by atoms with E-state index in [-0.39, 0.29) is 11.7 Å². The quantitative estimate of drug-likeness (QED) is 0.526. The Hall–Kier alpha value is -3.62. The number of hydrogen-bond acceptors (Lipinski definition) is 6. The average molecular weight is 415 g/mol. The SMILES string of the molecule is C/C=C\N(Cc1ccc(OC)cc1)C(=N)c1cc(C(=NC)OC(=N)C(F)F)ccn1. The summed E-state index contributed by atoms with van der Waals surface area (Å²) in [6.45, 7) is 2.25. The lowest BCUT2D eigenvalue weighted by Gasteiger charge is -2.21. The van der Waals surface area contributed by atoms with E-state index >= 15 is 0 Å². The van der Waals surface area contributed by atoms with Crippen molar-refractivity contribution in [1.82, 2.24) is 9.88 Å². The summed E-state index contributed by atoms with van der Waals surface area (Å²) >= 11 is 0. The molecule has 0 aliphatic carbocycles. The summed E-state index contributed by atoms with van der Waals surface area (Å²) in [6, 6.07) is 10.5. The van der Waals surface area contributed by atoms with Gasteiger partial charge in [-0.05, 0) is 36.8 Å². The summed E-state index contributed by atoms with van der Waals surface area (Å²) in [5.41, 5.74) is 1.59. The number of halogens is 2. The maximum absolute atomic E-state index is 12.6. The summed E-state index contributed by atoms with van der Waals surface area (Å²) in [4.78, 5) is 9.73. The highest BCUT2D eigenvalue weighted by Gasteiger charge is 2.18. The normalized spacial score (nSPS) is 11.6. The zero-order valence-electron chi connectivity index (χ0n) is 16.9. The molecular formula is C21H23F2N5O2. The van der Waals surface area contributed by atoms with E-state index in [1.54, 1.807) is 24.3 Å². The number of nitrogens with zero attached hydrogens (tertiary/aromatic N) is 3. The third-order valence-corrected chi connectivity index (χ3v) is 3.99. The third kappa shape index (κ3) is 5.94. The second-order valence-electron chi connectivity index (χ2n) is 6.03. The van der Waals surface area contributed by atoms with Gasteiger partial charge in [0.25, 0.3) is 5.90 Å². The van der Waals surface area contributed by atoms with E-state index in [0.717, 1.165) is 11.3 Å². The fourth-order valence-corrected chi connectivity index (χ4v) is 2.54. The number of amidine groups is 1. The van der Waals surface area contributed by atoms with Crippen molar-refractivity contribution in [2.24, 2.45) is 4.99 Å². The average Bonchev–Trinajstić information content (AvgIpc) is 2.77. The minimum absolute atomic E-state index is 0.102. The molecule has 2 rings (SSSR count). The topological polar surface area (TPSA) is 94.6 Å². The molecule has 0 amide bonds. The van der Waals surface area contributed by atoms with Crippen molar-refractivity contribution >= 4 is 17.6 Å². The number of benzene rings is 1. The van der Waals surface area contributed by atoms with Crippen molar-refractivity contribution in [3.63, 3.8) is 0 Å². The number of rotatable bonds is 7. The van der Waals surface area contributed by atoms with Crippen LogP contribution >= 0.6 is 0 Å². The molecule has 9 heteroatoms. The van der Waals surface area contributed by atoms with E-state index in [9.17, 15) is 8.78 Å². The Morgan fingerprint density at radius 2 is 1.93 bits per heavy atom. The van der Waals surface area contributed by atoms with Crippen molar-refractivity contribution in [1.29, 1.82) is 10.8 Å². The fourth-order valence-electron chi connectivity index (χ4n) is 2.54. The number of pyridine rings is 1. The first kappa shape index (κ1) is 22.7. The number of nitrogens with one attached hydrogen (secondary N) is 2. The van der Waals surface area contributed by atoms with Crippen LogP contribution in [0.4, 0.5) is 8.78 Å². The van der Waals surface area contributed by atoms with Crippen LogP contribution in [0.3, 0.4) is 0 Å². The Morgan fingerprint density at radius 3 is 2.50 bits per heavy atom. The summed E-state index contributed by atoms with van der Waals surface area (Å²) in [7, 11) is 2.96. The minimum atomic E-state index is -3.05. The van der Waals surface area contributed by atoms with Crippen molar-refractivity contribution in [2.45, 2.75) is 19.9 Å². The van der Waals surface area contributed by atoms with Crippen LogP contribution < -0.4 is 4.74 Å². The Bertz CT molecular complexity index is 943. The first-order chi connectivity index (χ1) is 14.4. The molecule has 30 heavy (non-hydrogen) atoms. The van der Waals surface area contributed by atoms with Gasteiger partial charge in [-0.3, -0.25) is 20.8 Å². The molecule has 0 atom stereocenters. The van der Waals surface area contributed by atoms with Gasteiger partial charge in [-0.1, -0.05) is 18.2 Å². The van der Waals surface area contributed by atoms with E-state index in [4.69, 9.17) is 20.3 Å². The molecule has 7 nitrogen and oxygen atoms in total. The second-order valence-corrected chi connectivity index (χ2v) is 6.03. The van der Waals surface area contributed by atoms with Crippen LogP contribution in [-0.2, 0) is 11.3 Å². The van der Waals surface area contributed by atoms with Crippen molar-refractivity contribution in [2.75, 3.05) is 14.2 Å². The fraction of sp³-hybridized carbons (Fsp3) is 0.238. The van der Waals surface area contributed by atoms with Crippen LogP contribution in [0.2, 0.25) is 0 Å². The van der Waals surface area contributed by atoms with Crippen LogP contribution in [0.1, 0.15) is 23.7 Å². The smallest absolute Gasteiger partial charge is 0.312 e. The molecule has 1 aromatic heterocycles. The number of allylic oxidation sites excluding steroid dienone is 1. The van der Waals surface area contributed by atoms with Gasteiger partial charge >= 0.3 is 6.43 Å². The number of ether oxygens (including phenoxy) is 2. The highest BCUT2D eigenvalue weighted by Crippen LogP contribution is 2.16. The molecule has 0 unspecified atom stereocenters. The Kier molecular flexibility index (Phi) is 8.16. The molecule has 0 aliphatic heterocycles. The molecule has 0 saturated heterocycles. The molecule has 0 fully saturated rings. The summed E-state index contributed by atoms with van der Waals surface area (Å²) in [6.07, 6.45) is 1.93. The lowest BCUT2D eigenvalue weighted by Crippen LogP contribution is -2.27. The lowest BCUT2D eigenvalue weighted by molar-refractivity contribution is 0.198. The Labute approximate surface area is 173 Å². The maximum Gasteiger partial charge on any atom is 0.312 e. The standard InChI is InChI=1S/C21H23F2N5O2/c1-4-11-28(13-14-5-7-16(29-3)8-6-14)19(24)17-12-15(9-10-27-17)21(26-2)30-20(25)18(22)23/h4-12,18,24-25H,13H2,1-3H3/b11-4-,24-19?,25-20?,26-21?. The van der Waals surface area contributed by atoms with E-state index in [1.165, 1.54) is 25.4 Å². The summed E-state index contributed by atoms with van der Waals surface area (Å²) in [5.74, 6) is -0.504. The van der Waals surface area contributed by atoms with E-state index in [1.807, 2.05) is 31.2 Å². The zero-order valence-corrected chi connectivity index (χ0v) is 16.9. The van der Waals surface area contributed by atoms with Gasteiger partial charge in [0.1, 0.15) is 11.4 Å². The molecule has 0 saturated carbocycles. The molecule has 2 aromatic rings. The molecular weight excluding hydrogens is 392 g/mol. The highest BCUT2D eigenvalue weighted by molar-refractivity contribution is 6.03. The van der Waals surface area contributed by atoms with Crippen molar-refractivity contribution in [3.8, 4) is 5.75 Å². The molecule has 158 valence electrons. The van der Waals surface area contributed by atoms with E-state index in [2.05, 4.69) is 9.98 Å². The number of aliphatic imine (C=N–C) groups is 1. The number of hydrogen-bond donors (Lipinski definition) is 2. The van der Waals surface area contributed by atoms with Gasteiger partial charge in [0.05, 0.1) is 7.11 Å². The highest BCUT2D eigenvalue weighted by atomic mass is 19.3.